The first-order valence-corrected chi connectivity index (χ1v) is 10.1. The lowest BCUT2D eigenvalue weighted by atomic mass is 10.0. The van der Waals surface area contributed by atoms with Gasteiger partial charge in [0.05, 0.1) is 37.3 Å². The zero-order valence-electron chi connectivity index (χ0n) is 16.0. The van der Waals surface area contributed by atoms with Crippen LogP contribution in [0.2, 0.25) is 5.02 Å². The minimum atomic E-state index is 0. The molecule has 1 aliphatic rings. The van der Waals surface area contributed by atoms with Gasteiger partial charge in [0, 0.05) is 23.3 Å². The van der Waals surface area contributed by atoms with E-state index in [2.05, 4.69) is 7.05 Å². The van der Waals surface area contributed by atoms with Crippen molar-refractivity contribution >= 4 is 22.4 Å². The number of benzene rings is 2. The van der Waals surface area contributed by atoms with E-state index < -0.39 is 0 Å². The van der Waals surface area contributed by atoms with Gasteiger partial charge in [-0.3, -0.25) is 4.79 Å². The molecule has 0 bridgehead atoms. The van der Waals surface area contributed by atoms with Crippen molar-refractivity contribution in [2.75, 3.05) is 20.1 Å². The highest BCUT2D eigenvalue weighted by Gasteiger charge is 2.22. The van der Waals surface area contributed by atoms with Gasteiger partial charge in [-0.1, -0.05) is 48.0 Å². The standard InChI is InChI=1S/C22H24ClN3O.ClH/c1-25-13-6-8-17(12-14-25)26-22(27)19-10-4-3-9-18(19)21(24-26)15-16-7-2-5-11-20(16)23;/h2-5,7,9-11,17H,6,8,12-15H2,1H3;1H. The fourth-order valence-corrected chi connectivity index (χ4v) is 4.24. The van der Waals surface area contributed by atoms with Crippen LogP contribution in [-0.4, -0.2) is 29.9 Å². The monoisotopic (exact) mass is 417 g/mol. The Morgan fingerprint density at radius 2 is 1.79 bits per heavy atom. The molecule has 4 nitrogen and oxygen atoms in total. The van der Waals surface area contributed by atoms with E-state index in [4.69, 9.17) is 16.7 Å². The summed E-state index contributed by atoms with van der Waals surface area (Å²) >= 11 is 6.38. The Balaban J connectivity index is 0.00000225. The van der Waals surface area contributed by atoms with E-state index in [0.717, 1.165) is 59.4 Å². The molecule has 4 rings (SSSR count). The number of quaternary nitrogens is 1. The van der Waals surface area contributed by atoms with E-state index in [1.165, 1.54) is 4.90 Å². The van der Waals surface area contributed by atoms with Gasteiger partial charge in [-0.2, -0.15) is 5.10 Å². The molecule has 2 unspecified atom stereocenters. The molecular weight excluding hydrogens is 393 g/mol. The Morgan fingerprint density at radius 1 is 1.07 bits per heavy atom. The summed E-state index contributed by atoms with van der Waals surface area (Å²) in [5.74, 6) is 0. The fraction of sp³-hybridized carbons (Fsp3) is 0.364. The number of nitrogens with zero attached hydrogens (tertiary/aromatic N) is 2. The SMILES string of the molecule is C[NH+]1CCCC(n2nc(Cc3ccccc3Cl)c3ccccc3c2=O)CC1.[Cl-]. The van der Waals surface area contributed by atoms with E-state index in [-0.39, 0.29) is 24.0 Å². The van der Waals surface area contributed by atoms with Gasteiger partial charge in [0.15, 0.2) is 0 Å². The van der Waals surface area contributed by atoms with Crippen LogP contribution in [0.15, 0.2) is 53.3 Å². The zero-order chi connectivity index (χ0) is 18.8. The minimum Gasteiger partial charge on any atom is -1.00 e. The van der Waals surface area contributed by atoms with Crippen molar-refractivity contribution in [3.63, 3.8) is 0 Å². The van der Waals surface area contributed by atoms with Gasteiger partial charge in [0.25, 0.3) is 5.56 Å². The maximum atomic E-state index is 13.2. The van der Waals surface area contributed by atoms with Crippen LogP contribution in [0.1, 0.15) is 36.6 Å². The van der Waals surface area contributed by atoms with E-state index in [1.807, 2.05) is 48.5 Å². The highest BCUT2D eigenvalue weighted by Crippen LogP contribution is 2.24. The van der Waals surface area contributed by atoms with Crippen LogP contribution in [0.25, 0.3) is 10.8 Å². The Kier molecular flexibility index (Phi) is 6.76. The molecule has 1 fully saturated rings. The second-order valence-electron chi connectivity index (χ2n) is 7.55. The predicted molar refractivity (Wildman–Crippen MR) is 110 cm³/mol. The van der Waals surface area contributed by atoms with E-state index in [9.17, 15) is 4.79 Å². The summed E-state index contributed by atoms with van der Waals surface area (Å²) in [6.07, 6.45) is 3.74. The second kappa shape index (κ2) is 9.08. The van der Waals surface area contributed by atoms with Crippen LogP contribution < -0.4 is 22.9 Å². The van der Waals surface area contributed by atoms with Gasteiger partial charge < -0.3 is 17.3 Å². The van der Waals surface area contributed by atoms with Gasteiger partial charge in [0.1, 0.15) is 0 Å². The van der Waals surface area contributed by atoms with Gasteiger partial charge in [-0.25, -0.2) is 4.68 Å². The van der Waals surface area contributed by atoms with Gasteiger partial charge in [0.2, 0.25) is 0 Å². The molecule has 148 valence electrons. The number of hydrogen-bond acceptors (Lipinski definition) is 2. The lowest BCUT2D eigenvalue weighted by molar-refractivity contribution is -0.878. The van der Waals surface area contributed by atoms with E-state index in [1.54, 1.807) is 4.68 Å². The smallest absolute Gasteiger partial charge is 0.274 e. The molecule has 1 aromatic heterocycles. The molecule has 28 heavy (non-hydrogen) atoms. The Hall–Kier alpha value is -1.88. The molecule has 6 heteroatoms. The Bertz CT molecular complexity index is 1020. The van der Waals surface area contributed by atoms with Crippen LogP contribution >= 0.6 is 11.6 Å². The molecule has 2 atom stereocenters. The fourth-order valence-electron chi connectivity index (χ4n) is 4.04. The molecule has 0 radical (unpaired) electrons. The van der Waals surface area contributed by atoms with Crippen LogP contribution in [0, 0.1) is 0 Å². The lowest BCUT2D eigenvalue weighted by Gasteiger charge is -2.18. The molecule has 1 saturated heterocycles. The van der Waals surface area contributed by atoms with Crippen molar-refractivity contribution in [1.29, 1.82) is 0 Å². The summed E-state index contributed by atoms with van der Waals surface area (Å²) < 4.78 is 1.76. The number of hydrogen-bond donors (Lipinski definition) is 1. The average Bonchev–Trinajstić information content (AvgIpc) is 2.90. The highest BCUT2D eigenvalue weighted by atomic mass is 35.5. The normalized spacial score (nSPS) is 19.8. The third-order valence-electron chi connectivity index (χ3n) is 5.61. The summed E-state index contributed by atoms with van der Waals surface area (Å²) in [4.78, 5) is 14.7. The van der Waals surface area contributed by atoms with Gasteiger partial charge in [-0.05, 0) is 30.5 Å². The van der Waals surface area contributed by atoms with Crippen molar-refractivity contribution < 1.29 is 17.3 Å². The Morgan fingerprint density at radius 3 is 2.57 bits per heavy atom. The highest BCUT2D eigenvalue weighted by molar-refractivity contribution is 6.31. The molecule has 0 saturated carbocycles. The number of likely N-dealkylation sites (tertiary alicyclic amines) is 1. The summed E-state index contributed by atoms with van der Waals surface area (Å²) in [6, 6.07) is 15.8. The van der Waals surface area contributed by atoms with Crippen molar-refractivity contribution in [3.8, 4) is 0 Å². The number of nitrogens with one attached hydrogen (secondary N) is 1. The number of halogens is 2. The Labute approximate surface area is 176 Å². The minimum absolute atomic E-state index is 0. The summed E-state index contributed by atoms with van der Waals surface area (Å²) in [6.45, 7) is 2.23. The van der Waals surface area contributed by atoms with E-state index in [0.29, 0.717) is 6.42 Å². The summed E-state index contributed by atoms with van der Waals surface area (Å²) in [5.41, 5.74) is 1.98. The molecule has 3 aromatic rings. The lowest BCUT2D eigenvalue weighted by Crippen LogP contribution is -3.08. The molecule has 1 aliphatic heterocycles. The van der Waals surface area contributed by atoms with Crippen LogP contribution in [-0.2, 0) is 6.42 Å². The molecule has 0 spiro atoms. The third-order valence-corrected chi connectivity index (χ3v) is 5.98. The van der Waals surface area contributed by atoms with E-state index >= 15 is 0 Å². The van der Waals surface area contributed by atoms with Crippen molar-refractivity contribution in [2.24, 2.45) is 0 Å². The molecule has 2 aromatic carbocycles. The summed E-state index contributed by atoms with van der Waals surface area (Å²) in [7, 11) is 2.22. The number of fused-ring (bicyclic) bond motifs is 1. The molecular formula is C22H25Cl2N3O. The number of aromatic nitrogens is 2. The largest absolute Gasteiger partial charge is 1.00 e. The number of rotatable bonds is 3. The molecule has 0 amide bonds. The first-order chi connectivity index (χ1) is 13.1. The quantitative estimate of drug-likeness (QED) is 0.645. The topological polar surface area (TPSA) is 39.3 Å². The average molecular weight is 418 g/mol. The van der Waals surface area contributed by atoms with Crippen LogP contribution in [0.3, 0.4) is 0 Å². The first-order valence-electron chi connectivity index (χ1n) is 9.68. The third kappa shape index (κ3) is 4.24. The predicted octanol–water partition coefficient (Wildman–Crippen LogP) is -0.116. The molecule has 1 N–H and O–H groups in total. The molecule has 0 aliphatic carbocycles. The maximum Gasteiger partial charge on any atom is 0.274 e. The molecule has 2 heterocycles. The summed E-state index contributed by atoms with van der Waals surface area (Å²) in [5, 5.41) is 7.28. The van der Waals surface area contributed by atoms with Crippen LogP contribution in [0.5, 0.6) is 0 Å². The van der Waals surface area contributed by atoms with Crippen molar-refractivity contribution in [2.45, 2.75) is 31.7 Å². The van der Waals surface area contributed by atoms with Crippen LogP contribution in [0.4, 0.5) is 0 Å². The van der Waals surface area contributed by atoms with Crippen molar-refractivity contribution in [1.82, 2.24) is 9.78 Å². The maximum absolute atomic E-state index is 13.2. The van der Waals surface area contributed by atoms with Gasteiger partial charge in [-0.15, -0.1) is 0 Å². The first kappa shape index (κ1) is 20.8. The zero-order valence-corrected chi connectivity index (χ0v) is 17.5. The van der Waals surface area contributed by atoms with Gasteiger partial charge >= 0.3 is 0 Å². The second-order valence-corrected chi connectivity index (χ2v) is 7.96. The van der Waals surface area contributed by atoms with Crippen molar-refractivity contribution in [3.05, 3.63) is 75.2 Å².